The molecule has 3 N–H and O–H groups in total. The van der Waals surface area contributed by atoms with Crippen LogP contribution in [0.2, 0.25) is 0 Å². The maximum Gasteiger partial charge on any atom is 0.416 e. The molecule has 4 aromatic rings. The van der Waals surface area contributed by atoms with Crippen molar-refractivity contribution in [2.24, 2.45) is 0 Å². The number of aliphatic hydroxyl groups excluding tert-OH is 1. The highest BCUT2D eigenvalue weighted by Gasteiger charge is 2.40. The predicted molar refractivity (Wildman–Crippen MR) is 157 cm³/mol. The molecule has 1 aliphatic heterocycles. The predicted octanol–water partition coefficient (Wildman–Crippen LogP) is 6.95. The fourth-order valence-corrected chi connectivity index (χ4v) is 7.12. The van der Waals surface area contributed by atoms with E-state index in [-0.39, 0.29) is 37.0 Å². The second-order valence-electron chi connectivity index (χ2n) is 10.2. The number of benzene rings is 3. The zero-order valence-corrected chi connectivity index (χ0v) is 24.9. The molecule has 1 aliphatic rings. The number of carbonyl (C=O) groups excluding carboxylic acids is 1. The number of Topliss-reactive ketones (excluding diaryl/α,β-unsaturated/α-hetero) is 1. The average molecular weight is 646 g/mol. The number of halogens is 3. The lowest BCUT2D eigenvalue weighted by Crippen LogP contribution is -2.40. The van der Waals surface area contributed by atoms with Gasteiger partial charge in [-0.15, -0.1) is 0 Å². The molecule has 0 bridgehead atoms. The number of alkyl halides is 3. The van der Waals surface area contributed by atoms with Gasteiger partial charge in [0.2, 0.25) is 15.0 Å². The van der Waals surface area contributed by atoms with Crippen LogP contribution in [0.25, 0.3) is 5.76 Å². The highest BCUT2D eigenvalue weighted by molar-refractivity contribution is 7.93. The van der Waals surface area contributed by atoms with E-state index in [0.717, 1.165) is 29.0 Å². The van der Waals surface area contributed by atoms with Crippen LogP contribution in [0.3, 0.4) is 0 Å². The Bertz CT molecular complexity index is 1800. The van der Waals surface area contributed by atoms with Crippen LogP contribution in [0.15, 0.2) is 93.7 Å². The standard InChI is InChI=1S/C30H26F3N3O6S2/c1-17(2)18-3-5-20(6-4-18)28(38)26-24(37)16-42-36(27(26)19-7-9-21(10-8-19)30(31,32)33)29-34-15-25(43-29)44(40,41)23-13-11-22(35-39)12-14-23/h3-15,17,27,35,38-39H,16H2,1-2H3. The smallest absolute Gasteiger partial charge is 0.416 e. The molecule has 0 spiro atoms. The number of hydrogen-bond donors (Lipinski definition) is 3. The first kappa shape index (κ1) is 31.2. The molecule has 14 heteroatoms. The summed E-state index contributed by atoms with van der Waals surface area (Å²) in [7, 11) is -4.07. The van der Waals surface area contributed by atoms with Crippen molar-refractivity contribution in [3.8, 4) is 0 Å². The Hall–Kier alpha value is -4.24. The molecule has 230 valence electrons. The number of nitrogens with one attached hydrogen (secondary N) is 1. The number of carbonyl (C=O) groups is 1. The first-order valence-corrected chi connectivity index (χ1v) is 15.5. The van der Waals surface area contributed by atoms with E-state index < -0.39 is 45.8 Å². The molecule has 1 saturated heterocycles. The number of sulfone groups is 1. The summed E-state index contributed by atoms with van der Waals surface area (Å²) in [6.45, 7) is 3.45. The summed E-state index contributed by atoms with van der Waals surface area (Å²) in [4.78, 5) is 23.1. The van der Waals surface area contributed by atoms with Gasteiger partial charge >= 0.3 is 6.18 Å². The van der Waals surface area contributed by atoms with E-state index in [9.17, 15) is 31.5 Å². The Morgan fingerprint density at radius 1 is 1.05 bits per heavy atom. The third-order valence-electron chi connectivity index (χ3n) is 7.02. The zero-order chi connectivity index (χ0) is 31.8. The zero-order valence-electron chi connectivity index (χ0n) is 23.2. The minimum Gasteiger partial charge on any atom is -0.507 e. The third kappa shape index (κ3) is 6.06. The SMILES string of the molecule is CC(C)c1ccc(C(O)=C2C(=O)CON(c3ncc(S(=O)(=O)c4ccc(NO)cc4)s3)C2c2ccc(C(F)(F)F)cc2)cc1. The molecule has 44 heavy (non-hydrogen) atoms. The molecule has 1 aromatic heterocycles. The van der Waals surface area contributed by atoms with Gasteiger partial charge in [-0.3, -0.25) is 20.3 Å². The van der Waals surface area contributed by atoms with Crippen LogP contribution in [0.1, 0.15) is 48.1 Å². The first-order valence-electron chi connectivity index (χ1n) is 13.2. The van der Waals surface area contributed by atoms with Crippen LogP contribution in [-0.4, -0.2) is 36.1 Å². The number of ketones is 1. The van der Waals surface area contributed by atoms with Gasteiger partial charge in [-0.1, -0.05) is 61.6 Å². The fourth-order valence-electron chi connectivity index (χ4n) is 4.62. The van der Waals surface area contributed by atoms with Crippen molar-refractivity contribution in [1.29, 1.82) is 0 Å². The quantitative estimate of drug-likeness (QED) is 0.111. The highest BCUT2D eigenvalue weighted by atomic mass is 32.2. The van der Waals surface area contributed by atoms with Crippen LogP contribution >= 0.6 is 11.3 Å². The molecule has 0 radical (unpaired) electrons. The van der Waals surface area contributed by atoms with Crippen LogP contribution in [0, 0.1) is 0 Å². The first-order chi connectivity index (χ1) is 20.8. The van der Waals surface area contributed by atoms with E-state index in [0.29, 0.717) is 16.9 Å². The lowest BCUT2D eigenvalue weighted by Gasteiger charge is -2.36. The highest BCUT2D eigenvalue weighted by Crippen LogP contribution is 2.43. The molecule has 1 unspecified atom stereocenters. The Labute approximate surface area is 254 Å². The average Bonchev–Trinajstić information content (AvgIpc) is 3.51. The number of hydroxylamine groups is 1. The maximum atomic E-state index is 13.4. The number of aromatic nitrogens is 1. The van der Waals surface area contributed by atoms with E-state index in [1.807, 2.05) is 19.3 Å². The van der Waals surface area contributed by atoms with Crippen LogP contribution in [0.4, 0.5) is 24.0 Å². The number of rotatable bonds is 7. The Morgan fingerprint density at radius 3 is 2.25 bits per heavy atom. The molecule has 2 heterocycles. The van der Waals surface area contributed by atoms with E-state index in [2.05, 4.69) is 4.98 Å². The molecule has 0 saturated carbocycles. The lowest BCUT2D eigenvalue weighted by atomic mass is 9.90. The maximum absolute atomic E-state index is 13.4. The summed E-state index contributed by atoms with van der Waals surface area (Å²) in [5.74, 6) is -0.803. The summed E-state index contributed by atoms with van der Waals surface area (Å²) in [6, 6.07) is 14.9. The fraction of sp³-hybridized carbons (Fsp3) is 0.200. The summed E-state index contributed by atoms with van der Waals surface area (Å²) in [5.41, 5.74) is 2.58. The van der Waals surface area contributed by atoms with Crippen LogP contribution < -0.4 is 10.5 Å². The van der Waals surface area contributed by atoms with E-state index in [1.165, 1.54) is 36.4 Å². The van der Waals surface area contributed by atoms with Crippen molar-refractivity contribution in [3.05, 3.63) is 107 Å². The monoisotopic (exact) mass is 645 g/mol. The van der Waals surface area contributed by atoms with Gasteiger partial charge in [-0.05, 0) is 53.4 Å². The van der Waals surface area contributed by atoms with Crippen LogP contribution in [-0.2, 0) is 25.6 Å². The van der Waals surface area contributed by atoms with Gasteiger partial charge in [0.05, 0.1) is 27.9 Å². The number of nitrogens with zero attached hydrogens (tertiary/aromatic N) is 2. The second kappa shape index (κ2) is 12.0. The Morgan fingerprint density at radius 2 is 1.68 bits per heavy atom. The van der Waals surface area contributed by atoms with E-state index in [4.69, 9.17) is 10.0 Å². The van der Waals surface area contributed by atoms with Gasteiger partial charge in [0.1, 0.15) is 22.6 Å². The summed E-state index contributed by atoms with van der Waals surface area (Å²) >= 11 is 0.714. The topological polar surface area (TPSA) is 129 Å². The molecule has 0 aliphatic carbocycles. The van der Waals surface area contributed by atoms with Gasteiger partial charge in [-0.25, -0.2) is 18.5 Å². The van der Waals surface area contributed by atoms with Crippen molar-refractivity contribution in [2.75, 3.05) is 17.2 Å². The van der Waals surface area contributed by atoms with Gasteiger partial charge in [0.25, 0.3) is 0 Å². The van der Waals surface area contributed by atoms with Gasteiger partial charge in [0, 0.05) is 5.56 Å². The van der Waals surface area contributed by atoms with Crippen molar-refractivity contribution >= 4 is 43.5 Å². The molecule has 3 aromatic carbocycles. The Balaban J connectivity index is 1.61. The summed E-state index contributed by atoms with van der Waals surface area (Å²) in [5, 5.41) is 21.5. The van der Waals surface area contributed by atoms with Crippen molar-refractivity contribution in [2.45, 2.75) is 41.1 Å². The molecule has 5 rings (SSSR count). The third-order valence-corrected chi connectivity index (χ3v) is 10.2. The minimum atomic E-state index is -4.61. The largest absolute Gasteiger partial charge is 0.507 e. The van der Waals surface area contributed by atoms with Gasteiger partial charge in [-0.2, -0.15) is 13.2 Å². The Kier molecular flexibility index (Phi) is 8.53. The summed E-state index contributed by atoms with van der Waals surface area (Å²) < 4.78 is 66.5. The summed E-state index contributed by atoms with van der Waals surface area (Å²) in [6.07, 6.45) is -3.51. The number of hydrogen-bond acceptors (Lipinski definition) is 10. The second-order valence-corrected chi connectivity index (χ2v) is 13.4. The molecular formula is C30H26F3N3O6S2. The lowest BCUT2D eigenvalue weighted by molar-refractivity contribution is -0.137. The van der Waals surface area contributed by atoms with Crippen molar-refractivity contribution in [1.82, 2.24) is 4.98 Å². The molecule has 1 fully saturated rings. The van der Waals surface area contributed by atoms with Crippen molar-refractivity contribution in [3.63, 3.8) is 0 Å². The molecule has 9 nitrogen and oxygen atoms in total. The van der Waals surface area contributed by atoms with Gasteiger partial charge in [0.15, 0.2) is 5.78 Å². The molecule has 0 amide bonds. The minimum absolute atomic E-state index is 0.0185. The van der Waals surface area contributed by atoms with E-state index >= 15 is 0 Å². The van der Waals surface area contributed by atoms with Gasteiger partial charge < -0.3 is 5.11 Å². The number of thiazole rings is 1. The normalized spacial score (nSPS) is 17.2. The van der Waals surface area contributed by atoms with Crippen molar-refractivity contribution < 1.29 is 41.5 Å². The molecule has 1 atom stereocenters. The number of anilines is 2. The van der Waals surface area contributed by atoms with E-state index in [1.54, 1.807) is 24.3 Å². The molecular weight excluding hydrogens is 619 g/mol. The van der Waals surface area contributed by atoms with Crippen LogP contribution in [0.5, 0.6) is 0 Å². The number of aliphatic hydroxyl groups is 1.